The average molecular weight is 221 g/mol. The second-order valence-corrected chi connectivity index (χ2v) is 3.79. The van der Waals surface area contributed by atoms with Crippen LogP contribution < -0.4 is 4.57 Å². The maximum absolute atomic E-state index is 3.97. The molecule has 88 valence electrons. The summed E-state index contributed by atoms with van der Waals surface area (Å²) < 4.78 is 4.24. The summed E-state index contributed by atoms with van der Waals surface area (Å²) in [5.74, 6) is 0. The van der Waals surface area contributed by atoms with Crippen LogP contribution in [0.4, 0.5) is 0 Å². The lowest BCUT2D eigenvalue weighted by atomic mass is 10.4. The first kappa shape index (κ1) is 12.5. The monoisotopic (exact) mass is 221 g/mol. The Morgan fingerprint density at radius 3 is 2.94 bits per heavy atom. The van der Waals surface area contributed by atoms with Gasteiger partial charge in [-0.3, -0.25) is 4.99 Å². The zero-order chi connectivity index (χ0) is 11.8. The second-order valence-electron chi connectivity index (χ2n) is 3.79. The van der Waals surface area contributed by atoms with E-state index in [4.69, 9.17) is 0 Å². The van der Waals surface area contributed by atoms with Crippen LogP contribution in [0.3, 0.4) is 0 Å². The summed E-state index contributed by atoms with van der Waals surface area (Å²) in [6, 6.07) is 0. The third-order valence-corrected chi connectivity index (χ3v) is 2.44. The lowest BCUT2D eigenvalue weighted by Gasteiger charge is -2.16. The van der Waals surface area contributed by atoms with Gasteiger partial charge in [-0.05, 0) is 6.20 Å². The molecule has 16 heavy (non-hydrogen) atoms. The summed E-state index contributed by atoms with van der Waals surface area (Å²) in [6.45, 7) is 6.69. The fourth-order valence-corrected chi connectivity index (χ4v) is 1.53. The van der Waals surface area contributed by atoms with E-state index in [2.05, 4.69) is 44.3 Å². The summed E-state index contributed by atoms with van der Waals surface area (Å²) in [5, 5.41) is 0. The maximum atomic E-state index is 3.97. The van der Waals surface area contributed by atoms with Crippen molar-refractivity contribution in [1.82, 2.24) is 9.47 Å². The van der Waals surface area contributed by atoms with E-state index in [-0.39, 0.29) is 0 Å². The van der Waals surface area contributed by atoms with Gasteiger partial charge in [-0.2, -0.15) is 0 Å². The van der Waals surface area contributed by atoms with E-state index in [1.807, 2.05) is 19.5 Å². The lowest BCUT2D eigenvalue weighted by Crippen LogP contribution is -2.24. The van der Waals surface area contributed by atoms with Gasteiger partial charge in [-0.25, -0.2) is 9.13 Å². The van der Waals surface area contributed by atoms with Crippen molar-refractivity contribution >= 4 is 6.21 Å². The fourth-order valence-electron chi connectivity index (χ4n) is 1.53. The standard InChI is InChI=1S/C12H21N4/c1-4-15(9-6-13-2)7-5-8-16-11-10-14(3)12-16/h4,6,10-12H,1,5,7-9H2,2-3H3/q+1. The van der Waals surface area contributed by atoms with Crippen LogP contribution in [0.15, 0.2) is 36.5 Å². The van der Waals surface area contributed by atoms with Gasteiger partial charge < -0.3 is 4.90 Å². The Bertz CT molecular complexity index is 341. The van der Waals surface area contributed by atoms with Crippen molar-refractivity contribution in [2.75, 3.05) is 20.1 Å². The molecule has 1 heterocycles. The number of rotatable bonds is 7. The molecule has 0 N–H and O–H groups in total. The van der Waals surface area contributed by atoms with Crippen LogP contribution in [0.25, 0.3) is 0 Å². The van der Waals surface area contributed by atoms with Crippen molar-refractivity contribution < 1.29 is 4.57 Å². The number of nitrogens with zero attached hydrogens (tertiary/aromatic N) is 4. The molecular weight excluding hydrogens is 200 g/mol. The van der Waals surface area contributed by atoms with Gasteiger partial charge in [0.1, 0.15) is 12.4 Å². The Morgan fingerprint density at radius 2 is 2.38 bits per heavy atom. The van der Waals surface area contributed by atoms with E-state index in [9.17, 15) is 0 Å². The zero-order valence-corrected chi connectivity index (χ0v) is 10.2. The van der Waals surface area contributed by atoms with Gasteiger partial charge in [0.05, 0.1) is 20.1 Å². The minimum Gasteiger partial charge on any atom is -0.373 e. The molecule has 4 heteroatoms. The van der Waals surface area contributed by atoms with Crippen LogP contribution in [0, 0.1) is 0 Å². The van der Waals surface area contributed by atoms with Gasteiger partial charge in [-0.15, -0.1) is 0 Å². The summed E-state index contributed by atoms with van der Waals surface area (Å²) in [4.78, 5) is 6.13. The number of aliphatic imine (C=N–C) groups is 1. The number of hydrogen-bond acceptors (Lipinski definition) is 2. The van der Waals surface area contributed by atoms with E-state index in [1.165, 1.54) is 0 Å². The average Bonchev–Trinajstić information content (AvgIpc) is 2.69. The van der Waals surface area contributed by atoms with Gasteiger partial charge >= 0.3 is 0 Å². The highest BCUT2D eigenvalue weighted by molar-refractivity contribution is 5.59. The third-order valence-electron chi connectivity index (χ3n) is 2.44. The quantitative estimate of drug-likeness (QED) is 0.495. The van der Waals surface area contributed by atoms with Crippen LogP contribution in [0.1, 0.15) is 6.42 Å². The SMILES string of the molecule is C=CN(CC=NC)CCCn1cc[n+](C)c1. The molecule has 1 aromatic heterocycles. The van der Waals surface area contributed by atoms with E-state index in [0.717, 1.165) is 26.1 Å². The fraction of sp³-hybridized carbons (Fsp3) is 0.500. The molecule has 1 rings (SSSR count). The molecule has 0 bridgehead atoms. The first-order chi connectivity index (χ1) is 7.76. The predicted octanol–water partition coefficient (Wildman–Crippen LogP) is 0.849. The smallest absolute Gasteiger partial charge is 0.243 e. The van der Waals surface area contributed by atoms with Gasteiger partial charge in [0.15, 0.2) is 0 Å². The molecule has 0 unspecified atom stereocenters. The Kier molecular flexibility index (Phi) is 5.32. The van der Waals surface area contributed by atoms with Gasteiger partial charge in [0.2, 0.25) is 6.33 Å². The molecule has 0 saturated carbocycles. The molecule has 0 radical (unpaired) electrons. The highest BCUT2D eigenvalue weighted by Crippen LogP contribution is 1.94. The Hall–Kier alpha value is -1.58. The molecule has 4 nitrogen and oxygen atoms in total. The topological polar surface area (TPSA) is 24.4 Å². The van der Waals surface area contributed by atoms with Gasteiger partial charge in [-0.1, -0.05) is 6.58 Å². The molecular formula is C12H21N4+. The maximum Gasteiger partial charge on any atom is 0.243 e. The Morgan fingerprint density at radius 1 is 1.56 bits per heavy atom. The first-order valence-corrected chi connectivity index (χ1v) is 5.54. The van der Waals surface area contributed by atoms with E-state index in [1.54, 1.807) is 7.05 Å². The van der Waals surface area contributed by atoms with E-state index in [0.29, 0.717) is 0 Å². The van der Waals surface area contributed by atoms with E-state index < -0.39 is 0 Å². The molecule has 0 spiro atoms. The molecule has 0 aliphatic carbocycles. The number of imidazole rings is 1. The molecule has 0 saturated heterocycles. The third kappa shape index (κ3) is 4.29. The zero-order valence-electron chi connectivity index (χ0n) is 10.2. The number of aryl methyl sites for hydroxylation is 2. The largest absolute Gasteiger partial charge is 0.373 e. The van der Waals surface area contributed by atoms with Crippen LogP contribution in [0.5, 0.6) is 0 Å². The minimum absolute atomic E-state index is 0.847. The number of hydrogen-bond donors (Lipinski definition) is 0. The van der Waals surface area contributed by atoms with Crippen molar-refractivity contribution in [3.63, 3.8) is 0 Å². The predicted molar refractivity (Wildman–Crippen MR) is 66.4 cm³/mol. The molecule has 1 aromatic rings. The summed E-state index contributed by atoms with van der Waals surface area (Å²) in [5.41, 5.74) is 0. The van der Waals surface area contributed by atoms with Crippen molar-refractivity contribution in [2.45, 2.75) is 13.0 Å². The molecule has 0 amide bonds. The van der Waals surface area contributed by atoms with Gasteiger partial charge in [0.25, 0.3) is 0 Å². The normalized spacial score (nSPS) is 10.9. The Balaban J connectivity index is 2.25. The van der Waals surface area contributed by atoms with Gasteiger partial charge in [0, 0.05) is 26.2 Å². The molecule has 0 fully saturated rings. The van der Waals surface area contributed by atoms with E-state index >= 15 is 0 Å². The minimum atomic E-state index is 0.847. The summed E-state index contributed by atoms with van der Waals surface area (Å²) in [7, 11) is 3.82. The van der Waals surface area contributed by atoms with Crippen molar-refractivity contribution in [3.8, 4) is 0 Å². The van der Waals surface area contributed by atoms with Crippen molar-refractivity contribution in [1.29, 1.82) is 0 Å². The Labute approximate surface area is 97.5 Å². The second kappa shape index (κ2) is 6.82. The van der Waals surface area contributed by atoms with Crippen LogP contribution in [-0.2, 0) is 13.6 Å². The van der Waals surface area contributed by atoms with Crippen molar-refractivity contribution in [2.24, 2.45) is 12.0 Å². The summed E-state index contributed by atoms with van der Waals surface area (Å²) in [6.07, 6.45) is 11.1. The van der Waals surface area contributed by atoms with Crippen molar-refractivity contribution in [3.05, 3.63) is 31.5 Å². The first-order valence-electron chi connectivity index (χ1n) is 5.54. The molecule has 0 atom stereocenters. The van der Waals surface area contributed by atoms with Crippen LogP contribution in [-0.4, -0.2) is 35.8 Å². The van der Waals surface area contributed by atoms with Crippen LogP contribution >= 0.6 is 0 Å². The highest BCUT2D eigenvalue weighted by Gasteiger charge is 2.01. The summed E-state index contributed by atoms with van der Waals surface area (Å²) >= 11 is 0. The lowest BCUT2D eigenvalue weighted by molar-refractivity contribution is -0.671. The molecule has 0 aromatic carbocycles. The molecule has 0 aliphatic rings. The van der Waals surface area contributed by atoms with Crippen LogP contribution in [0.2, 0.25) is 0 Å². The highest BCUT2D eigenvalue weighted by atomic mass is 15.1. The molecule has 0 aliphatic heterocycles. The number of aromatic nitrogens is 2.